The molecule has 168 valence electrons. The van der Waals surface area contributed by atoms with Crippen LogP contribution < -0.4 is 15.0 Å². The molecule has 1 saturated heterocycles. The van der Waals surface area contributed by atoms with Crippen molar-refractivity contribution in [3.8, 4) is 11.6 Å². The third kappa shape index (κ3) is 4.03. The summed E-state index contributed by atoms with van der Waals surface area (Å²) < 4.78 is 7.52. The van der Waals surface area contributed by atoms with Crippen LogP contribution >= 0.6 is 0 Å². The summed E-state index contributed by atoms with van der Waals surface area (Å²) >= 11 is 0. The van der Waals surface area contributed by atoms with Gasteiger partial charge in [0.05, 0.1) is 12.3 Å². The van der Waals surface area contributed by atoms with Gasteiger partial charge in [-0.15, -0.1) is 0 Å². The van der Waals surface area contributed by atoms with Gasteiger partial charge in [0, 0.05) is 17.6 Å². The lowest BCUT2D eigenvalue weighted by molar-refractivity contribution is -0.122. The van der Waals surface area contributed by atoms with Crippen LogP contribution in [-0.4, -0.2) is 34.0 Å². The molecule has 0 saturated carbocycles. The minimum absolute atomic E-state index is 0.141. The van der Waals surface area contributed by atoms with Crippen molar-refractivity contribution >= 4 is 29.6 Å². The zero-order chi connectivity index (χ0) is 23.7. The lowest BCUT2D eigenvalue weighted by Crippen LogP contribution is -2.54. The molecular weight excluding hydrogens is 420 g/mol. The molecule has 8 nitrogen and oxygen atoms in total. The van der Waals surface area contributed by atoms with E-state index in [4.69, 9.17) is 4.74 Å². The molecule has 33 heavy (non-hydrogen) atoms. The minimum Gasteiger partial charge on any atom is -0.492 e. The molecule has 3 aromatic rings. The van der Waals surface area contributed by atoms with Gasteiger partial charge in [-0.2, -0.15) is 0 Å². The lowest BCUT2D eigenvalue weighted by Gasteiger charge is -2.27. The first kappa shape index (κ1) is 22.0. The molecule has 0 aliphatic carbocycles. The third-order valence-electron chi connectivity index (χ3n) is 5.40. The van der Waals surface area contributed by atoms with Crippen LogP contribution in [-0.2, 0) is 9.59 Å². The number of aromatic nitrogens is 2. The van der Waals surface area contributed by atoms with Crippen LogP contribution in [0.2, 0.25) is 0 Å². The SMILES string of the molecule is CCOc1ccccc1N1C(=O)NC(=O)/C(=C\c2cc(C)n(-c3ccc(C)cn3)c2C)C1=O. The normalized spacial score (nSPS) is 15.2. The summed E-state index contributed by atoms with van der Waals surface area (Å²) in [4.78, 5) is 43.9. The molecule has 1 aliphatic rings. The summed E-state index contributed by atoms with van der Waals surface area (Å²) in [5.74, 6) is -0.342. The van der Waals surface area contributed by atoms with E-state index in [-0.39, 0.29) is 11.3 Å². The topological polar surface area (TPSA) is 93.5 Å². The Morgan fingerprint density at radius 3 is 2.52 bits per heavy atom. The highest BCUT2D eigenvalue weighted by Gasteiger charge is 2.38. The van der Waals surface area contributed by atoms with Gasteiger partial charge in [-0.1, -0.05) is 18.2 Å². The first-order valence-corrected chi connectivity index (χ1v) is 10.6. The number of aryl methyl sites for hydroxylation is 2. The number of ether oxygens (including phenoxy) is 1. The Hall–Kier alpha value is -4.20. The Bertz CT molecular complexity index is 1290. The molecule has 0 spiro atoms. The summed E-state index contributed by atoms with van der Waals surface area (Å²) in [5.41, 5.74) is 3.57. The molecular formula is C25H24N4O4. The van der Waals surface area contributed by atoms with Gasteiger partial charge in [0.15, 0.2) is 0 Å². The van der Waals surface area contributed by atoms with E-state index in [9.17, 15) is 14.4 Å². The number of para-hydroxylation sites is 2. The second-order valence-corrected chi connectivity index (χ2v) is 7.71. The van der Waals surface area contributed by atoms with Crippen LogP contribution in [0.1, 0.15) is 29.4 Å². The van der Waals surface area contributed by atoms with E-state index in [2.05, 4.69) is 10.3 Å². The Labute approximate surface area is 191 Å². The third-order valence-corrected chi connectivity index (χ3v) is 5.40. The van der Waals surface area contributed by atoms with E-state index in [0.29, 0.717) is 17.9 Å². The number of benzene rings is 1. The molecule has 0 unspecified atom stereocenters. The fourth-order valence-electron chi connectivity index (χ4n) is 3.83. The fraction of sp³-hybridized carbons (Fsp3) is 0.200. The van der Waals surface area contributed by atoms with Crippen molar-refractivity contribution in [2.45, 2.75) is 27.7 Å². The predicted molar refractivity (Wildman–Crippen MR) is 124 cm³/mol. The summed E-state index contributed by atoms with van der Waals surface area (Å²) in [6.07, 6.45) is 3.29. The monoisotopic (exact) mass is 444 g/mol. The Kier molecular flexibility index (Phi) is 5.83. The second kappa shape index (κ2) is 8.74. The minimum atomic E-state index is -0.816. The summed E-state index contributed by atoms with van der Waals surface area (Å²) in [5, 5.41) is 2.26. The maximum atomic E-state index is 13.3. The molecule has 1 aliphatic heterocycles. The number of carbonyl (C=O) groups is 3. The number of nitrogens with one attached hydrogen (secondary N) is 1. The summed E-state index contributed by atoms with van der Waals surface area (Å²) in [6.45, 7) is 7.95. The molecule has 0 radical (unpaired) electrons. The first-order valence-electron chi connectivity index (χ1n) is 10.6. The van der Waals surface area contributed by atoms with Gasteiger partial charge in [-0.3, -0.25) is 14.9 Å². The number of pyridine rings is 1. The standard InChI is InChI=1S/C25H24N4O4/c1-5-33-21-9-7-6-8-20(21)29-24(31)19(23(30)27-25(29)32)13-18-12-16(3)28(17(18)4)22-11-10-15(2)14-26-22/h6-14H,5H2,1-4H3,(H,27,30,32)/b19-13+. The van der Waals surface area contributed by atoms with Crippen LogP contribution in [0.4, 0.5) is 10.5 Å². The highest BCUT2D eigenvalue weighted by molar-refractivity contribution is 6.39. The van der Waals surface area contributed by atoms with Crippen molar-refractivity contribution in [3.63, 3.8) is 0 Å². The number of urea groups is 1. The van der Waals surface area contributed by atoms with Crippen LogP contribution in [0.3, 0.4) is 0 Å². The van der Waals surface area contributed by atoms with Crippen molar-refractivity contribution in [1.29, 1.82) is 0 Å². The Morgan fingerprint density at radius 1 is 1.06 bits per heavy atom. The molecule has 0 bridgehead atoms. The van der Waals surface area contributed by atoms with Crippen LogP contribution in [0.5, 0.6) is 5.75 Å². The first-order chi connectivity index (χ1) is 15.8. The smallest absolute Gasteiger partial charge is 0.336 e. The maximum Gasteiger partial charge on any atom is 0.336 e. The van der Waals surface area contributed by atoms with Gasteiger partial charge in [0.1, 0.15) is 17.1 Å². The van der Waals surface area contributed by atoms with E-state index >= 15 is 0 Å². The van der Waals surface area contributed by atoms with Crippen molar-refractivity contribution in [2.75, 3.05) is 11.5 Å². The van der Waals surface area contributed by atoms with Gasteiger partial charge in [-0.25, -0.2) is 14.7 Å². The zero-order valence-corrected chi connectivity index (χ0v) is 18.9. The molecule has 4 amide bonds. The average molecular weight is 444 g/mol. The molecule has 3 heterocycles. The molecule has 1 aromatic carbocycles. The largest absolute Gasteiger partial charge is 0.492 e. The predicted octanol–water partition coefficient (Wildman–Crippen LogP) is 3.86. The Morgan fingerprint density at radius 2 is 1.82 bits per heavy atom. The second-order valence-electron chi connectivity index (χ2n) is 7.71. The number of imide groups is 2. The van der Waals surface area contributed by atoms with E-state index in [1.165, 1.54) is 6.08 Å². The highest BCUT2D eigenvalue weighted by Crippen LogP contribution is 2.31. The molecule has 4 rings (SSSR count). The average Bonchev–Trinajstić information content (AvgIpc) is 3.06. The number of hydrogen-bond acceptors (Lipinski definition) is 5. The summed E-state index contributed by atoms with van der Waals surface area (Å²) in [7, 11) is 0. The van der Waals surface area contributed by atoms with E-state index < -0.39 is 17.8 Å². The van der Waals surface area contributed by atoms with E-state index in [1.807, 2.05) is 50.5 Å². The lowest BCUT2D eigenvalue weighted by atomic mass is 10.1. The van der Waals surface area contributed by atoms with Gasteiger partial charge in [0.2, 0.25) is 0 Å². The quantitative estimate of drug-likeness (QED) is 0.476. The molecule has 0 atom stereocenters. The van der Waals surface area contributed by atoms with Crippen molar-refractivity contribution in [3.05, 3.63) is 76.7 Å². The number of amides is 4. The van der Waals surface area contributed by atoms with E-state index in [0.717, 1.165) is 27.7 Å². The van der Waals surface area contributed by atoms with Crippen molar-refractivity contribution in [2.24, 2.45) is 0 Å². The highest BCUT2D eigenvalue weighted by atomic mass is 16.5. The maximum absolute atomic E-state index is 13.3. The van der Waals surface area contributed by atoms with Crippen LogP contribution in [0.15, 0.2) is 54.2 Å². The van der Waals surface area contributed by atoms with Crippen LogP contribution in [0.25, 0.3) is 11.9 Å². The molecule has 8 heteroatoms. The number of barbiturate groups is 1. The van der Waals surface area contributed by atoms with E-state index in [1.54, 1.807) is 30.5 Å². The molecule has 1 fully saturated rings. The van der Waals surface area contributed by atoms with Gasteiger partial charge in [-0.05, 0) is 69.2 Å². The number of rotatable bonds is 5. The molecule has 1 N–H and O–H groups in total. The number of nitrogens with zero attached hydrogens (tertiary/aromatic N) is 3. The molecule has 2 aromatic heterocycles. The van der Waals surface area contributed by atoms with Crippen LogP contribution in [0, 0.1) is 20.8 Å². The van der Waals surface area contributed by atoms with Gasteiger partial charge < -0.3 is 9.30 Å². The zero-order valence-electron chi connectivity index (χ0n) is 18.9. The van der Waals surface area contributed by atoms with Crippen molar-refractivity contribution in [1.82, 2.24) is 14.9 Å². The Balaban J connectivity index is 1.76. The fourth-order valence-corrected chi connectivity index (χ4v) is 3.83. The number of anilines is 1. The summed E-state index contributed by atoms with van der Waals surface area (Å²) in [6, 6.07) is 11.7. The van der Waals surface area contributed by atoms with Gasteiger partial charge in [0.25, 0.3) is 11.8 Å². The van der Waals surface area contributed by atoms with Crippen molar-refractivity contribution < 1.29 is 19.1 Å². The number of hydrogen-bond donors (Lipinski definition) is 1. The van der Waals surface area contributed by atoms with Gasteiger partial charge >= 0.3 is 6.03 Å². The number of carbonyl (C=O) groups excluding carboxylic acids is 3.